The van der Waals surface area contributed by atoms with E-state index in [2.05, 4.69) is 0 Å². The number of aliphatic hydroxyl groups is 1. The van der Waals surface area contributed by atoms with Crippen LogP contribution in [-0.2, 0) is 4.79 Å². The summed E-state index contributed by atoms with van der Waals surface area (Å²) in [4.78, 5) is 10.8. The van der Waals surface area contributed by atoms with E-state index in [9.17, 15) is 9.90 Å². The van der Waals surface area contributed by atoms with Crippen molar-refractivity contribution in [2.75, 3.05) is 5.75 Å². The van der Waals surface area contributed by atoms with Crippen molar-refractivity contribution in [3.63, 3.8) is 0 Å². The summed E-state index contributed by atoms with van der Waals surface area (Å²) in [7, 11) is 0. The van der Waals surface area contributed by atoms with Gasteiger partial charge in [0.15, 0.2) is 0 Å². The first-order chi connectivity index (χ1) is 7.18. The lowest BCUT2D eigenvalue weighted by Crippen LogP contribution is -2.48. The molecule has 0 radical (unpaired) electrons. The van der Waals surface area contributed by atoms with Gasteiger partial charge in [0.05, 0.1) is 5.60 Å². The van der Waals surface area contributed by atoms with E-state index in [0.717, 1.165) is 0 Å². The van der Waals surface area contributed by atoms with Crippen LogP contribution in [0.2, 0.25) is 0 Å². The molecule has 0 unspecified atom stereocenters. The molecule has 0 aliphatic carbocycles. The maximum absolute atomic E-state index is 10.8. The number of carboxylic acid groups (broad SMARTS) is 1. The number of rotatable bonds is 7. The number of thioether (sulfide) groups is 1. The Bertz CT molecular complexity index is 239. The van der Waals surface area contributed by atoms with Gasteiger partial charge >= 0.3 is 5.97 Å². The van der Waals surface area contributed by atoms with Gasteiger partial charge in [0.2, 0.25) is 0 Å². The largest absolute Gasteiger partial charge is 0.480 e. The van der Waals surface area contributed by atoms with Gasteiger partial charge in [0.25, 0.3) is 0 Å². The molecule has 0 amide bonds. The van der Waals surface area contributed by atoms with Gasteiger partial charge in [-0.1, -0.05) is 13.8 Å². The van der Waals surface area contributed by atoms with Gasteiger partial charge in [0, 0.05) is 10.5 Å². The Labute approximate surface area is 102 Å². The van der Waals surface area contributed by atoms with Crippen molar-refractivity contribution >= 4 is 17.7 Å². The van der Waals surface area contributed by atoms with Crippen molar-refractivity contribution in [1.82, 2.24) is 0 Å². The van der Waals surface area contributed by atoms with Crippen LogP contribution >= 0.6 is 11.8 Å². The van der Waals surface area contributed by atoms with Crippen LogP contribution in [0.15, 0.2) is 0 Å². The van der Waals surface area contributed by atoms with Crippen LogP contribution in [-0.4, -0.2) is 38.3 Å². The van der Waals surface area contributed by atoms with Crippen LogP contribution in [0.1, 0.15) is 40.5 Å². The van der Waals surface area contributed by atoms with Gasteiger partial charge in [0.1, 0.15) is 6.04 Å². The average molecular weight is 249 g/mol. The zero-order valence-corrected chi connectivity index (χ0v) is 11.3. The van der Waals surface area contributed by atoms with Gasteiger partial charge < -0.3 is 15.9 Å². The van der Waals surface area contributed by atoms with Crippen molar-refractivity contribution in [1.29, 1.82) is 0 Å². The molecular weight excluding hydrogens is 226 g/mol. The average Bonchev–Trinajstić information content (AvgIpc) is 2.24. The van der Waals surface area contributed by atoms with E-state index < -0.39 is 22.4 Å². The van der Waals surface area contributed by atoms with Crippen LogP contribution < -0.4 is 5.73 Å². The fourth-order valence-electron chi connectivity index (χ4n) is 1.16. The molecule has 0 aromatic carbocycles. The second-order valence-corrected chi connectivity index (χ2v) is 6.27. The van der Waals surface area contributed by atoms with E-state index in [1.807, 2.05) is 13.8 Å². The van der Waals surface area contributed by atoms with Crippen LogP contribution in [0.3, 0.4) is 0 Å². The molecule has 0 saturated carbocycles. The van der Waals surface area contributed by atoms with Crippen LogP contribution in [0.5, 0.6) is 0 Å². The molecule has 0 aromatic rings. The molecule has 4 nitrogen and oxygen atoms in total. The zero-order valence-electron chi connectivity index (χ0n) is 10.5. The lowest BCUT2D eigenvalue weighted by Gasteiger charge is -2.33. The molecule has 0 spiro atoms. The van der Waals surface area contributed by atoms with Gasteiger partial charge in [-0.2, -0.15) is 11.8 Å². The van der Waals surface area contributed by atoms with Crippen molar-refractivity contribution in [3.05, 3.63) is 0 Å². The minimum Gasteiger partial charge on any atom is -0.480 e. The molecule has 0 aliphatic rings. The lowest BCUT2D eigenvalue weighted by molar-refractivity contribution is -0.139. The van der Waals surface area contributed by atoms with E-state index in [-0.39, 0.29) is 0 Å². The second-order valence-electron chi connectivity index (χ2n) is 4.64. The Morgan fingerprint density at radius 3 is 2.12 bits per heavy atom. The van der Waals surface area contributed by atoms with Gasteiger partial charge in [-0.3, -0.25) is 4.79 Å². The summed E-state index contributed by atoms with van der Waals surface area (Å²) >= 11 is 1.42. The van der Waals surface area contributed by atoms with Gasteiger partial charge in [-0.05, 0) is 26.7 Å². The van der Waals surface area contributed by atoms with Gasteiger partial charge in [-0.25, -0.2) is 0 Å². The van der Waals surface area contributed by atoms with E-state index in [1.165, 1.54) is 11.8 Å². The summed E-state index contributed by atoms with van der Waals surface area (Å²) < 4.78 is -0.579. The number of carboxylic acids is 1. The van der Waals surface area contributed by atoms with Crippen LogP contribution in [0, 0.1) is 0 Å². The van der Waals surface area contributed by atoms with E-state index in [4.69, 9.17) is 10.8 Å². The Hall–Kier alpha value is -0.260. The number of nitrogens with two attached hydrogens (primary N) is 1. The Balaban J connectivity index is 4.44. The van der Waals surface area contributed by atoms with Crippen LogP contribution in [0.25, 0.3) is 0 Å². The van der Waals surface area contributed by atoms with Crippen molar-refractivity contribution in [3.8, 4) is 0 Å². The predicted molar refractivity (Wildman–Crippen MR) is 67.7 cm³/mol. The molecular formula is C11H23NO3S. The van der Waals surface area contributed by atoms with E-state index >= 15 is 0 Å². The van der Waals surface area contributed by atoms with Crippen molar-refractivity contribution < 1.29 is 15.0 Å². The molecule has 4 N–H and O–H groups in total. The Morgan fingerprint density at radius 1 is 1.38 bits per heavy atom. The van der Waals surface area contributed by atoms with E-state index in [0.29, 0.717) is 18.6 Å². The highest BCUT2D eigenvalue weighted by Gasteiger charge is 2.35. The molecule has 96 valence electrons. The minimum atomic E-state index is -1.01. The fourth-order valence-corrected chi connectivity index (χ4v) is 2.49. The molecule has 0 heterocycles. The molecule has 0 fully saturated rings. The van der Waals surface area contributed by atoms with Crippen molar-refractivity contribution in [2.45, 2.75) is 56.9 Å². The molecule has 0 aliphatic heterocycles. The third-order valence-electron chi connectivity index (χ3n) is 3.04. The summed E-state index contributed by atoms with van der Waals surface area (Å²) in [6.45, 7) is 7.44. The summed E-state index contributed by atoms with van der Waals surface area (Å²) in [5.74, 6) is -0.498. The molecule has 0 rings (SSSR count). The third kappa shape index (κ3) is 4.31. The monoisotopic (exact) mass is 249 g/mol. The number of hydrogen-bond acceptors (Lipinski definition) is 4. The summed E-state index contributed by atoms with van der Waals surface area (Å²) in [6.07, 6.45) is 1.32. The predicted octanol–water partition coefficient (Wildman–Crippen LogP) is 1.46. The maximum Gasteiger partial charge on any atom is 0.321 e. The third-order valence-corrected chi connectivity index (χ3v) is 4.72. The van der Waals surface area contributed by atoms with E-state index in [1.54, 1.807) is 13.8 Å². The summed E-state index contributed by atoms with van der Waals surface area (Å²) in [6, 6.07) is -0.921. The summed E-state index contributed by atoms with van der Waals surface area (Å²) in [5, 5.41) is 19.0. The first-order valence-electron chi connectivity index (χ1n) is 5.53. The quantitative estimate of drug-likeness (QED) is 0.636. The Kier molecular flexibility index (Phi) is 5.79. The first kappa shape index (κ1) is 15.7. The topological polar surface area (TPSA) is 83.5 Å². The normalized spacial score (nSPS) is 14.9. The van der Waals surface area contributed by atoms with Crippen molar-refractivity contribution in [2.24, 2.45) is 5.73 Å². The molecule has 0 bridgehead atoms. The SMILES string of the molecule is CCC(O)(CC)CSC(C)(C)[C@H](N)C(=O)O. The smallest absolute Gasteiger partial charge is 0.321 e. The minimum absolute atomic E-state index is 0.508. The fraction of sp³-hybridized carbons (Fsp3) is 0.909. The number of hydrogen-bond donors (Lipinski definition) is 3. The molecule has 0 aromatic heterocycles. The number of aliphatic carboxylic acids is 1. The first-order valence-corrected chi connectivity index (χ1v) is 6.52. The standard InChI is InChI=1S/C11H23NO3S/c1-5-11(15,6-2)7-16-10(3,4)8(12)9(13)14/h8,15H,5-7,12H2,1-4H3,(H,13,14)/t8-/m1/s1. The lowest BCUT2D eigenvalue weighted by atomic mass is 10.0. The highest BCUT2D eigenvalue weighted by atomic mass is 32.2. The highest BCUT2D eigenvalue weighted by Crippen LogP contribution is 2.32. The summed E-state index contributed by atoms with van der Waals surface area (Å²) in [5.41, 5.74) is 4.88. The number of carbonyl (C=O) groups is 1. The van der Waals surface area contributed by atoms with Gasteiger partial charge in [-0.15, -0.1) is 0 Å². The molecule has 16 heavy (non-hydrogen) atoms. The molecule has 5 heteroatoms. The molecule has 0 saturated heterocycles. The zero-order chi connectivity index (χ0) is 13.0. The van der Waals surface area contributed by atoms with Crippen LogP contribution in [0.4, 0.5) is 0 Å². The Morgan fingerprint density at radius 2 is 1.81 bits per heavy atom. The molecule has 1 atom stereocenters. The second kappa shape index (κ2) is 5.89. The highest BCUT2D eigenvalue weighted by molar-refractivity contribution is 8.00. The maximum atomic E-state index is 10.8.